The Balaban J connectivity index is 3.17. The predicted octanol–water partition coefficient (Wildman–Crippen LogP) is 14.3. The molecule has 0 N–H and O–H groups in total. The molecule has 0 nitrogen and oxygen atoms in total. The number of rotatable bonds is 32. The van der Waals surface area contributed by atoms with E-state index in [2.05, 4.69) is 32.9 Å². The minimum Gasteiger partial charge on any atom is -0.0885 e. The van der Waals surface area contributed by atoms with Gasteiger partial charge in [-0.1, -0.05) is 206 Å². The highest BCUT2D eigenvalue weighted by molar-refractivity contribution is 4.81. The minimum absolute atomic E-state index is 0.961. The van der Waals surface area contributed by atoms with Gasteiger partial charge in [0.1, 0.15) is 0 Å². The van der Waals surface area contributed by atoms with Crippen LogP contribution in [0.1, 0.15) is 220 Å². The smallest absolute Gasteiger partial charge is 0.0351 e. The summed E-state index contributed by atoms with van der Waals surface area (Å²) in [4.78, 5) is 0. The van der Waals surface area contributed by atoms with Crippen LogP contribution in [0.4, 0.5) is 0 Å². The average Bonchev–Trinajstić information content (AvgIpc) is 2.90. The highest BCUT2D eigenvalue weighted by Gasteiger charge is 2.02. The fourth-order valence-electron chi connectivity index (χ4n) is 5.75. The van der Waals surface area contributed by atoms with Gasteiger partial charge in [0.15, 0.2) is 0 Å². The minimum atomic E-state index is 0.961. The van der Waals surface area contributed by atoms with E-state index in [0.717, 1.165) is 5.92 Å². The van der Waals surface area contributed by atoms with Crippen LogP contribution < -0.4 is 0 Å². The van der Waals surface area contributed by atoms with Crippen molar-refractivity contribution in [2.75, 3.05) is 0 Å². The fraction of sp³-hybridized carbons (Fsp3) is 0.946. The van der Waals surface area contributed by atoms with Crippen LogP contribution in [-0.2, 0) is 0 Å². The van der Waals surface area contributed by atoms with Crippen LogP contribution in [-0.4, -0.2) is 0 Å². The third-order valence-corrected chi connectivity index (χ3v) is 8.51. The summed E-state index contributed by atoms with van der Waals surface area (Å²) < 4.78 is 0. The summed E-state index contributed by atoms with van der Waals surface area (Å²) in [7, 11) is 0. The number of hydrogen-bond donors (Lipinski definition) is 0. The first-order valence-corrected chi connectivity index (χ1v) is 18.0. The lowest BCUT2D eigenvalue weighted by molar-refractivity contribution is 0.429. The second-order valence-electron chi connectivity index (χ2n) is 12.6. The van der Waals surface area contributed by atoms with E-state index in [1.165, 1.54) is 199 Å². The maximum absolute atomic E-state index is 2.50. The van der Waals surface area contributed by atoms with E-state index in [9.17, 15) is 0 Å². The maximum atomic E-state index is 2.50. The maximum Gasteiger partial charge on any atom is -0.0351 e. The van der Waals surface area contributed by atoms with Crippen molar-refractivity contribution in [3.63, 3.8) is 0 Å². The Labute approximate surface area is 237 Å². The molecule has 0 bridgehead atoms. The summed E-state index contributed by atoms with van der Waals surface area (Å²) in [6.07, 6.45) is 49.8. The lowest BCUT2D eigenvalue weighted by Crippen LogP contribution is -1.95. The summed E-state index contributed by atoms with van der Waals surface area (Å²) in [5, 5.41) is 0. The summed E-state index contributed by atoms with van der Waals surface area (Å²) in [6.45, 7) is 7.11. The van der Waals surface area contributed by atoms with Gasteiger partial charge < -0.3 is 0 Å². The molecule has 0 amide bonds. The van der Waals surface area contributed by atoms with Gasteiger partial charge in [0.25, 0.3) is 0 Å². The summed E-state index contributed by atoms with van der Waals surface area (Å²) in [5.74, 6) is 0.961. The van der Waals surface area contributed by atoms with Crippen molar-refractivity contribution in [2.45, 2.75) is 220 Å². The Hall–Kier alpha value is -0.260. The van der Waals surface area contributed by atoms with Gasteiger partial charge in [0, 0.05) is 0 Å². The standard InChI is InChI=1S/C37H74/c1-4-6-8-10-12-14-16-18-19-20-21-22-24-26-28-30-32-34-36-37(3)35-33-31-29-27-25-23-17-15-13-11-9-7-5-2/h16,18,37H,4-15,17,19-36H2,1-3H3/b18-16-/t37-/m1/s1. The largest absolute Gasteiger partial charge is 0.0885 e. The predicted molar refractivity (Wildman–Crippen MR) is 173 cm³/mol. The van der Waals surface area contributed by atoms with Crippen LogP contribution in [0.15, 0.2) is 12.2 Å². The molecule has 0 fully saturated rings. The Kier molecular flexibility index (Phi) is 33.5. The van der Waals surface area contributed by atoms with Crippen molar-refractivity contribution in [1.29, 1.82) is 0 Å². The zero-order valence-electron chi connectivity index (χ0n) is 26.7. The Morgan fingerprint density at radius 2 is 0.568 bits per heavy atom. The summed E-state index contributed by atoms with van der Waals surface area (Å²) >= 11 is 0. The second kappa shape index (κ2) is 33.8. The molecule has 0 saturated carbocycles. The lowest BCUT2D eigenvalue weighted by atomic mass is 9.95. The SMILES string of the molecule is CCCCCCC/C=C\CCCCCCCCCCC[C@H](C)CCCCCCCCCCCCCCC. The highest BCUT2D eigenvalue weighted by Crippen LogP contribution is 2.19. The van der Waals surface area contributed by atoms with Gasteiger partial charge in [-0.05, 0) is 31.6 Å². The van der Waals surface area contributed by atoms with Crippen molar-refractivity contribution in [3.05, 3.63) is 12.2 Å². The average molecular weight is 519 g/mol. The van der Waals surface area contributed by atoms with Gasteiger partial charge in [-0.2, -0.15) is 0 Å². The molecule has 0 heterocycles. The third kappa shape index (κ3) is 33.7. The van der Waals surface area contributed by atoms with Crippen LogP contribution in [0.5, 0.6) is 0 Å². The molecule has 222 valence electrons. The van der Waals surface area contributed by atoms with Gasteiger partial charge >= 0.3 is 0 Å². The highest BCUT2D eigenvalue weighted by atomic mass is 14.1. The van der Waals surface area contributed by atoms with Crippen LogP contribution in [0.3, 0.4) is 0 Å². The Morgan fingerprint density at radius 1 is 0.324 bits per heavy atom. The molecule has 0 unspecified atom stereocenters. The molecule has 0 spiro atoms. The van der Waals surface area contributed by atoms with Crippen LogP contribution in [0.2, 0.25) is 0 Å². The molecule has 0 saturated heterocycles. The Morgan fingerprint density at radius 3 is 0.865 bits per heavy atom. The molecule has 0 heteroatoms. The molecule has 37 heavy (non-hydrogen) atoms. The van der Waals surface area contributed by atoms with E-state index in [1.54, 1.807) is 0 Å². The van der Waals surface area contributed by atoms with Gasteiger partial charge in [-0.15, -0.1) is 0 Å². The molecule has 0 rings (SSSR count). The van der Waals surface area contributed by atoms with E-state index in [-0.39, 0.29) is 0 Å². The molecule has 0 aliphatic carbocycles. The molecule has 0 radical (unpaired) electrons. The number of allylic oxidation sites excluding steroid dienone is 2. The summed E-state index contributed by atoms with van der Waals surface area (Å²) in [6, 6.07) is 0. The zero-order chi connectivity index (χ0) is 26.9. The molecule has 0 aromatic heterocycles. The van der Waals surface area contributed by atoms with Crippen molar-refractivity contribution in [2.24, 2.45) is 5.92 Å². The number of hydrogen-bond acceptors (Lipinski definition) is 0. The lowest BCUT2D eigenvalue weighted by Gasteiger charge is -2.11. The van der Waals surface area contributed by atoms with E-state index in [4.69, 9.17) is 0 Å². The Bertz CT molecular complexity index is 408. The third-order valence-electron chi connectivity index (χ3n) is 8.51. The molecular weight excluding hydrogens is 444 g/mol. The quantitative estimate of drug-likeness (QED) is 0.0613. The second-order valence-corrected chi connectivity index (χ2v) is 12.6. The van der Waals surface area contributed by atoms with Gasteiger partial charge in [0.05, 0.1) is 0 Å². The van der Waals surface area contributed by atoms with Crippen LogP contribution >= 0.6 is 0 Å². The first-order valence-electron chi connectivity index (χ1n) is 18.0. The first kappa shape index (κ1) is 36.7. The monoisotopic (exact) mass is 519 g/mol. The van der Waals surface area contributed by atoms with Gasteiger partial charge in [-0.3, -0.25) is 0 Å². The van der Waals surface area contributed by atoms with E-state index >= 15 is 0 Å². The van der Waals surface area contributed by atoms with E-state index in [1.807, 2.05) is 0 Å². The van der Waals surface area contributed by atoms with Crippen LogP contribution in [0.25, 0.3) is 0 Å². The van der Waals surface area contributed by atoms with Crippen molar-refractivity contribution < 1.29 is 0 Å². The molecule has 1 atom stereocenters. The molecule has 0 aromatic rings. The topological polar surface area (TPSA) is 0 Å². The van der Waals surface area contributed by atoms with Crippen molar-refractivity contribution >= 4 is 0 Å². The molecular formula is C37H74. The van der Waals surface area contributed by atoms with E-state index < -0.39 is 0 Å². The van der Waals surface area contributed by atoms with Crippen LogP contribution in [0, 0.1) is 5.92 Å². The first-order chi connectivity index (χ1) is 18.3. The molecule has 0 aliphatic rings. The number of unbranched alkanes of at least 4 members (excludes halogenated alkanes) is 26. The van der Waals surface area contributed by atoms with Crippen molar-refractivity contribution in [3.8, 4) is 0 Å². The van der Waals surface area contributed by atoms with E-state index in [0.29, 0.717) is 0 Å². The normalized spacial score (nSPS) is 12.6. The van der Waals surface area contributed by atoms with Gasteiger partial charge in [0.2, 0.25) is 0 Å². The zero-order valence-corrected chi connectivity index (χ0v) is 26.7. The molecule has 0 aromatic carbocycles. The fourth-order valence-corrected chi connectivity index (χ4v) is 5.75. The van der Waals surface area contributed by atoms with Crippen molar-refractivity contribution in [1.82, 2.24) is 0 Å². The molecule has 0 aliphatic heterocycles. The summed E-state index contributed by atoms with van der Waals surface area (Å²) in [5.41, 5.74) is 0. The van der Waals surface area contributed by atoms with Gasteiger partial charge in [-0.25, -0.2) is 0 Å².